The van der Waals surface area contributed by atoms with Crippen molar-refractivity contribution in [2.24, 2.45) is 0 Å². The zero-order valence-electron chi connectivity index (χ0n) is 14.5. The van der Waals surface area contributed by atoms with Crippen molar-refractivity contribution in [2.45, 2.75) is 4.90 Å². The normalized spacial score (nSPS) is 13.0. The Kier molecular flexibility index (Phi) is 3.16. The van der Waals surface area contributed by atoms with Gasteiger partial charge in [-0.2, -0.15) is 0 Å². The maximum atomic E-state index is 6.79. The molecule has 0 atom stereocenters. The van der Waals surface area contributed by atoms with Gasteiger partial charge in [0.25, 0.3) is 0 Å². The number of hydrogen-bond donors (Lipinski definition) is 1. The summed E-state index contributed by atoms with van der Waals surface area (Å²) in [5.41, 5.74) is 0. The molecule has 0 heterocycles. The molecule has 0 unspecified atom stereocenters. The van der Waals surface area contributed by atoms with Crippen molar-refractivity contribution in [3.63, 3.8) is 0 Å². The van der Waals surface area contributed by atoms with Gasteiger partial charge in [0.05, 0.1) is 20.1 Å². The summed E-state index contributed by atoms with van der Waals surface area (Å²) in [5.74, 6) is 0. The molecule has 0 aliphatic rings. The molecule has 7 aromatic carbocycles. The molecule has 0 fully saturated rings. The molecule has 29 heavy (non-hydrogen) atoms. The molecule has 0 spiro atoms. The summed E-state index contributed by atoms with van der Waals surface area (Å²) in [7, 11) is 0. The highest BCUT2D eigenvalue weighted by molar-refractivity contribution is 7.80. The quantitative estimate of drug-likeness (QED) is 0.127. The molecule has 0 amide bonds. The van der Waals surface area contributed by atoms with Crippen molar-refractivity contribution in [3.8, 4) is 0 Å². The molecular formula is C24H8Cl4S. The van der Waals surface area contributed by atoms with E-state index in [2.05, 4.69) is 36.4 Å². The van der Waals surface area contributed by atoms with E-state index in [4.69, 9.17) is 59.0 Å². The molecule has 5 heteroatoms. The molecule has 0 nitrogen and oxygen atoms in total. The van der Waals surface area contributed by atoms with Crippen LogP contribution in [0.1, 0.15) is 0 Å². The van der Waals surface area contributed by atoms with Crippen LogP contribution in [0.5, 0.6) is 0 Å². The average Bonchev–Trinajstić information content (AvgIpc) is 2.72. The van der Waals surface area contributed by atoms with E-state index in [9.17, 15) is 0 Å². The predicted octanol–water partition coefficient (Wildman–Crippen LogP) is 9.82. The Labute approximate surface area is 190 Å². The smallest absolute Gasteiger partial charge is 0.0693 e. The predicted molar refractivity (Wildman–Crippen MR) is 132 cm³/mol. The first-order valence-corrected chi connectivity index (χ1v) is 11.0. The van der Waals surface area contributed by atoms with Crippen LogP contribution >= 0.6 is 59.0 Å². The van der Waals surface area contributed by atoms with Gasteiger partial charge >= 0.3 is 0 Å². The fourth-order valence-corrected chi connectivity index (χ4v) is 6.76. The van der Waals surface area contributed by atoms with Crippen molar-refractivity contribution in [1.29, 1.82) is 0 Å². The van der Waals surface area contributed by atoms with Gasteiger partial charge in [-0.15, -0.1) is 12.6 Å². The minimum Gasteiger partial charge on any atom is -0.143 e. The lowest BCUT2D eigenvalue weighted by atomic mass is 9.83. The molecule has 0 aliphatic heterocycles. The van der Waals surface area contributed by atoms with E-state index in [1.807, 2.05) is 6.07 Å². The van der Waals surface area contributed by atoms with Gasteiger partial charge in [0.15, 0.2) is 0 Å². The summed E-state index contributed by atoms with van der Waals surface area (Å²) in [6.07, 6.45) is 0. The highest BCUT2D eigenvalue weighted by atomic mass is 35.5. The average molecular weight is 470 g/mol. The lowest BCUT2D eigenvalue weighted by Crippen LogP contribution is -1.95. The third kappa shape index (κ3) is 1.80. The fraction of sp³-hybridized carbons (Fsp3) is 0. The number of rotatable bonds is 0. The molecule has 0 saturated carbocycles. The van der Waals surface area contributed by atoms with Crippen molar-refractivity contribution in [3.05, 3.63) is 62.6 Å². The molecule has 0 radical (unpaired) electrons. The summed E-state index contributed by atoms with van der Waals surface area (Å²) in [4.78, 5) is 0.798. The van der Waals surface area contributed by atoms with E-state index in [0.717, 1.165) is 42.6 Å². The molecule has 138 valence electrons. The molecule has 0 aliphatic carbocycles. The third-order valence-corrected chi connectivity index (χ3v) is 8.35. The van der Waals surface area contributed by atoms with E-state index in [-0.39, 0.29) is 0 Å². The Morgan fingerprint density at radius 3 is 1.66 bits per heavy atom. The van der Waals surface area contributed by atoms with Crippen LogP contribution in [0.3, 0.4) is 0 Å². The molecule has 7 rings (SSSR count). The van der Waals surface area contributed by atoms with Gasteiger partial charge in [-0.25, -0.2) is 0 Å². The number of hydrogen-bond acceptors (Lipinski definition) is 1. The van der Waals surface area contributed by atoms with Crippen molar-refractivity contribution in [2.75, 3.05) is 0 Å². The van der Waals surface area contributed by atoms with E-state index < -0.39 is 0 Å². The standard InChI is InChI=1S/C24H8Cl4S/c25-21-11-6-5-9-2-1-8-3-4-10-7-12(29)17-18-15(10)13(8)14(9)16(11)19(18)20(23(21)27)24(28)22(17)26/h1-7,29H. The van der Waals surface area contributed by atoms with Crippen molar-refractivity contribution >= 4 is 124 Å². The summed E-state index contributed by atoms with van der Waals surface area (Å²) < 4.78 is 0. The Bertz CT molecular complexity index is 1800. The van der Waals surface area contributed by atoms with Crippen LogP contribution in [0.15, 0.2) is 47.4 Å². The van der Waals surface area contributed by atoms with E-state index in [1.54, 1.807) is 0 Å². The Morgan fingerprint density at radius 1 is 0.448 bits per heavy atom. The lowest BCUT2D eigenvalue weighted by molar-refractivity contribution is 1.62. The Balaban J connectivity index is 2.10. The second-order valence-corrected chi connectivity index (χ2v) is 9.56. The van der Waals surface area contributed by atoms with Crippen molar-refractivity contribution < 1.29 is 0 Å². The highest BCUT2D eigenvalue weighted by Gasteiger charge is 2.27. The second-order valence-electron chi connectivity index (χ2n) is 7.57. The molecule has 7 aromatic rings. The van der Waals surface area contributed by atoms with Gasteiger partial charge in [-0.05, 0) is 38.4 Å². The van der Waals surface area contributed by atoms with E-state index in [0.29, 0.717) is 25.5 Å². The highest BCUT2D eigenvalue weighted by Crippen LogP contribution is 2.56. The molecule has 0 bridgehead atoms. The Hall–Kier alpha value is -1.61. The lowest BCUT2D eigenvalue weighted by Gasteiger charge is -2.23. The van der Waals surface area contributed by atoms with Gasteiger partial charge in [0.2, 0.25) is 0 Å². The van der Waals surface area contributed by atoms with Crippen LogP contribution in [0.2, 0.25) is 20.1 Å². The van der Waals surface area contributed by atoms with Crippen LogP contribution in [0, 0.1) is 0 Å². The number of halogens is 4. The maximum absolute atomic E-state index is 6.79. The maximum Gasteiger partial charge on any atom is 0.0693 e. The van der Waals surface area contributed by atoms with Crippen LogP contribution in [-0.2, 0) is 0 Å². The van der Waals surface area contributed by atoms with Crippen LogP contribution in [-0.4, -0.2) is 0 Å². The minimum absolute atomic E-state index is 0.418. The number of thiol groups is 1. The van der Waals surface area contributed by atoms with E-state index in [1.165, 1.54) is 21.5 Å². The molecule has 0 saturated heterocycles. The van der Waals surface area contributed by atoms with Gasteiger partial charge in [-0.3, -0.25) is 0 Å². The monoisotopic (exact) mass is 468 g/mol. The zero-order chi connectivity index (χ0) is 19.8. The van der Waals surface area contributed by atoms with Gasteiger partial charge < -0.3 is 0 Å². The fourth-order valence-electron chi connectivity index (χ4n) is 5.16. The first-order chi connectivity index (χ1) is 14.0. The molecular weight excluding hydrogens is 462 g/mol. The first kappa shape index (κ1) is 17.1. The number of benzene rings is 7. The van der Waals surface area contributed by atoms with Crippen LogP contribution in [0.25, 0.3) is 64.6 Å². The largest absolute Gasteiger partial charge is 0.143 e. The van der Waals surface area contributed by atoms with Gasteiger partial charge in [0.1, 0.15) is 0 Å². The zero-order valence-corrected chi connectivity index (χ0v) is 18.4. The molecule has 0 N–H and O–H groups in total. The van der Waals surface area contributed by atoms with Gasteiger partial charge in [0, 0.05) is 37.2 Å². The SMILES string of the molecule is Sc1cc2ccc3ccc4ccc5c(Cl)c(Cl)c6c(Cl)c(Cl)c1c1c2c3c4c5c61. The first-order valence-electron chi connectivity index (χ1n) is 9.04. The third-order valence-electron chi connectivity index (χ3n) is 6.28. The summed E-state index contributed by atoms with van der Waals surface area (Å²) in [5, 5.41) is 14.5. The Morgan fingerprint density at radius 2 is 0.931 bits per heavy atom. The molecule has 0 aromatic heterocycles. The summed E-state index contributed by atoms with van der Waals surface area (Å²) in [6.45, 7) is 0. The topological polar surface area (TPSA) is 0 Å². The summed E-state index contributed by atoms with van der Waals surface area (Å²) in [6, 6.07) is 14.8. The van der Waals surface area contributed by atoms with Crippen LogP contribution in [0.4, 0.5) is 0 Å². The van der Waals surface area contributed by atoms with Crippen LogP contribution < -0.4 is 0 Å². The van der Waals surface area contributed by atoms with Gasteiger partial charge in [-0.1, -0.05) is 82.8 Å². The minimum atomic E-state index is 0.418. The van der Waals surface area contributed by atoms with E-state index >= 15 is 0 Å². The second kappa shape index (κ2) is 5.35. The van der Waals surface area contributed by atoms with Crippen molar-refractivity contribution in [1.82, 2.24) is 0 Å². The summed E-state index contributed by atoms with van der Waals surface area (Å²) >= 11 is 31.9.